The number of nitrogens with one attached hydrogen (secondary N) is 2. The van der Waals surface area contributed by atoms with Gasteiger partial charge in [-0.05, 0) is 81.0 Å². The van der Waals surface area contributed by atoms with Crippen LogP contribution < -0.4 is 16.7 Å². The van der Waals surface area contributed by atoms with Crippen molar-refractivity contribution < 1.29 is 4.79 Å². The lowest BCUT2D eigenvalue weighted by atomic mass is 9.81. The van der Waals surface area contributed by atoms with Crippen LogP contribution in [0.15, 0.2) is 53.3 Å². The second kappa shape index (κ2) is 8.94. The van der Waals surface area contributed by atoms with E-state index in [4.69, 9.17) is 5.73 Å². The summed E-state index contributed by atoms with van der Waals surface area (Å²) < 4.78 is 1.88. The Morgan fingerprint density at radius 2 is 1.56 bits per heavy atom. The van der Waals surface area contributed by atoms with E-state index in [2.05, 4.69) is 40.6 Å². The molecule has 4 N–H and O–H groups in total. The van der Waals surface area contributed by atoms with Gasteiger partial charge in [-0.2, -0.15) is 0 Å². The average molecular weight is 433 g/mol. The fourth-order valence-corrected chi connectivity index (χ4v) is 5.80. The summed E-state index contributed by atoms with van der Waals surface area (Å²) in [6.07, 6.45) is 9.14. The first-order chi connectivity index (χ1) is 15.6. The second-order valence-corrected chi connectivity index (χ2v) is 9.53. The molecule has 2 saturated carbocycles. The van der Waals surface area contributed by atoms with Gasteiger partial charge in [0.15, 0.2) is 0 Å². The van der Waals surface area contributed by atoms with E-state index in [0.717, 1.165) is 31.2 Å². The van der Waals surface area contributed by atoms with Crippen LogP contribution in [0.1, 0.15) is 79.2 Å². The normalized spacial score (nSPS) is 26.2. The summed E-state index contributed by atoms with van der Waals surface area (Å²) in [5, 5.41) is 3.92. The SMILES string of the molecule is NC(=O)c1ccc2c(c1)[nH]c(=O)n2C1CCC(NC2CCC(c3ccccc3)CC2)CC1. The molecule has 2 aliphatic rings. The number of amides is 1. The Labute approximate surface area is 188 Å². The first-order valence-electron chi connectivity index (χ1n) is 11.9. The maximum atomic E-state index is 12.6. The van der Waals surface area contributed by atoms with Crippen molar-refractivity contribution in [3.05, 3.63) is 70.1 Å². The first-order valence-corrected chi connectivity index (χ1v) is 11.9. The Hall–Kier alpha value is -2.86. The molecule has 32 heavy (non-hydrogen) atoms. The third-order valence-electron chi connectivity index (χ3n) is 7.53. The van der Waals surface area contributed by atoms with Gasteiger partial charge in [0.25, 0.3) is 0 Å². The van der Waals surface area contributed by atoms with Crippen LogP contribution in [0.5, 0.6) is 0 Å². The zero-order valence-electron chi connectivity index (χ0n) is 18.4. The maximum absolute atomic E-state index is 12.6. The van der Waals surface area contributed by atoms with Crippen molar-refractivity contribution in [3.8, 4) is 0 Å². The van der Waals surface area contributed by atoms with Crippen LogP contribution in [0, 0.1) is 0 Å². The van der Waals surface area contributed by atoms with Crippen molar-refractivity contribution >= 4 is 16.9 Å². The largest absolute Gasteiger partial charge is 0.366 e. The van der Waals surface area contributed by atoms with E-state index in [1.54, 1.807) is 12.1 Å². The minimum Gasteiger partial charge on any atom is -0.366 e. The Balaban J connectivity index is 1.17. The van der Waals surface area contributed by atoms with Crippen LogP contribution in [0.4, 0.5) is 0 Å². The van der Waals surface area contributed by atoms with E-state index < -0.39 is 5.91 Å². The van der Waals surface area contributed by atoms with Crippen molar-refractivity contribution in [2.24, 2.45) is 5.73 Å². The highest BCUT2D eigenvalue weighted by molar-refractivity contribution is 5.96. The molecule has 2 aromatic carbocycles. The van der Waals surface area contributed by atoms with Crippen LogP contribution in [-0.4, -0.2) is 27.5 Å². The van der Waals surface area contributed by atoms with Crippen molar-refractivity contribution in [3.63, 3.8) is 0 Å². The minimum atomic E-state index is -0.482. The Bertz CT molecular complexity index is 1130. The lowest BCUT2D eigenvalue weighted by molar-refractivity contribution is 0.100. The summed E-state index contributed by atoms with van der Waals surface area (Å²) in [4.78, 5) is 27.0. The Kier molecular flexibility index (Phi) is 5.87. The number of nitrogens with zero attached hydrogens (tertiary/aromatic N) is 1. The average Bonchev–Trinajstić information content (AvgIpc) is 3.15. The van der Waals surface area contributed by atoms with Crippen molar-refractivity contribution in [2.45, 2.75) is 75.4 Å². The summed E-state index contributed by atoms with van der Waals surface area (Å²) in [5.74, 6) is 0.221. The highest BCUT2D eigenvalue weighted by Gasteiger charge is 2.28. The third kappa shape index (κ3) is 4.24. The number of carbonyl (C=O) groups is 1. The fourth-order valence-electron chi connectivity index (χ4n) is 5.80. The minimum absolute atomic E-state index is 0.0998. The molecule has 0 bridgehead atoms. The molecule has 6 nitrogen and oxygen atoms in total. The quantitative estimate of drug-likeness (QED) is 0.563. The van der Waals surface area contributed by atoms with Gasteiger partial charge in [-0.3, -0.25) is 9.36 Å². The van der Waals surface area contributed by atoms with Gasteiger partial charge >= 0.3 is 5.69 Å². The molecule has 168 valence electrons. The molecule has 0 atom stereocenters. The molecule has 0 spiro atoms. The predicted molar refractivity (Wildman–Crippen MR) is 127 cm³/mol. The number of aromatic nitrogens is 2. The Morgan fingerprint density at radius 3 is 2.22 bits per heavy atom. The molecule has 2 fully saturated rings. The number of H-pyrrole nitrogens is 1. The number of carbonyl (C=O) groups excluding carboxylic acids is 1. The van der Waals surface area contributed by atoms with E-state index in [1.165, 1.54) is 31.2 Å². The predicted octanol–water partition coefficient (Wildman–Crippen LogP) is 4.23. The molecule has 5 rings (SSSR count). The monoisotopic (exact) mass is 432 g/mol. The number of benzene rings is 2. The van der Waals surface area contributed by atoms with Crippen molar-refractivity contribution in [1.82, 2.24) is 14.9 Å². The van der Waals surface area contributed by atoms with Crippen LogP contribution in [0.2, 0.25) is 0 Å². The summed E-state index contributed by atoms with van der Waals surface area (Å²) >= 11 is 0. The zero-order chi connectivity index (χ0) is 22.1. The van der Waals surface area contributed by atoms with E-state index in [1.807, 2.05) is 10.6 Å². The highest BCUT2D eigenvalue weighted by Crippen LogP contribution is 2.35. The zero-order valence-corrected chi connectivity index (χ0v) is 18.4. The van der Waals surface area contributed by atoms with Crippen LogP contribution in [0.25, 0.3) is 11.0 Å². The van der Waals surface area contributed by atoms with Gasteiger partial charge < -0.3 is 16.0 Å². The number of primary amides is 1. The number of hydrogen-bond donors (Lipinski definition) is 3. The number of imidazole rings is 1. The van der Waals surface area contributed by atoms with E-state index in [-0.39, 0.29) is 11.7 Å². The second-order valence-electron chi connectivity index (χ2n) is 9.53. The summed E-state index contributed by atoms with van der Waals surface area (Å²) in [5.41, 5.74) is 8.72. The van der Waals surface area contributed by atoms with Gasteiger partial charge in [0, 0.05) is 23.7 Å². The van der Waals surface area contributed by atoms with Gasteiger partial charge in [0.1, 0.15) is 0 Å². The van der Waals surface area contributed by atoms with Gasteiger partial charge in [-0.1, -0.05) is 30.3 Å². The number of rotatable bonds is 5. The highest BCUT2D eigenvalue weighted by atomic mass is 16.1. The van der Waals surface area contributed by atoms with Gasteiger partial charge in [-0.25, -0.2) is 4.79 Å². The van der Waals surface area contributed by atoms with Crippen molar-refractivity contribution in [1.29, 1.82) is 0 Å². The number of aromatic amines is 1. The third-order valence-corrected chi connectivity index (χ3v) is 7.53. The number of fused-ring (bicyclic) bond motifs is 1. The van der Waals surface area contributed by atoms with Crippen LogP contribution in [0.3, 0.4) is 0 Å². The lowest BCUT2D eigenvalue weighted by Gasteiger charge is -2.35. The van der Waals surface area contributed by atoms with E-state index in [0.29, 0.717) is 29.1 Å². The molecular formula is C26H32N4O2. The summed E-state index contributed by atoms with van der Waals surface area (Å²) in [6, 6.07) is 17.5. The van der Waals surface area contributed by atoms with Crippen molar-refractivity contribution in [2.75, 3.05) is 0 Å². The summed E-state index contributed by atoms with van der Waals surface area (Å²) in [7, 11) is 0. The first kappa shape index (κ1) is 21.0. The molecule has 0 radical (unpaired) electrons. The Morgan fingerprint density at radius 1 is 0.906 bits per heavy atom. The smallest absolute Gasteiger partial charge is 0.326 e. The molecule has 1 amide bonds. The fraction of sp³-hybridized carbons (Fsp3) is 0.462. The summed E-state index contributed by atoms with van der Waals surface area (Å²) in [6.45, 7) is 0. The van der Waals surface area contributed by atoms with Gasteiger partial charge in [0.05, 0.1) is 11.0 Å². The molecule has 0 unspecified atom stereocenters. The molecule has 3 aromatic rings. The standard InChI is InChI=1S/C26H32N4O2/c27-25(31)19-8-15-24-23(16-19)29-26(32)30(24)22-13-11-21(12-14-22)28-20-9-6-18(7-10-20)17-4-2-1-3-5-17/h1-5,8,15-16,18,20-22,28H,6-7,9-14H2,(H2,27,31)(H,29,32). The van der Waals surface area contributed by atoms with Crippen LogP contribution >= 0.6 is 0 Å². The maximum Gasteiger partial charge on any atom is 0.326 e. The molecule has 1 aromatic heterocycles. The molecule has 0 saturated heterocycles. The number of hydrogen-bond acceptors (Lipinski definition) is 3. The number of nitrogens with two attached hydrogens (primary N) is 1. The van der Waals surface area contributed by atoms with Gasteiger partial charge in [-0.15, -0.1) is 0 Å². The lowest BCUT2D eigenvalue weighted by Crippen LogP contribution is -2.42. The van der Waals surface area contributed by atoms with Crippen LogP contribution in [-0.2, 0) is 0 Å². The molecule has 0 aliphatic heterocycles. The topological polar surface area (TPSA) is 92.9 Å². The van der Waals surface area contributed by atoms with Gasteiger partial charge in [0.2, 0.25) is 5.91 Å². The van der Waals surface area contributed by atoms with E-state index in [9.17, 15) is 9.59 Å². The molecule has 6 heteroatoms. The van der Waals surface area contributed by atoms with E-state index >= 15 is 0 Å². The molecular weight excluding hydrogens is 400 g/mol. The molecule has 1 heterocycles. The molecule has 2 aliphatic carbocycles.